The molecular formula is C17H7Cl6N. The molecule has 0 fully saturated rings. The van der Waals surface area contributed by atoms with Crippen LogP contribution >= 0.6 is 69.6 Å². The zero-order valence-electron chi connectivity index (χ0n) is 11.8. The summed E-state index contributed by atoms with van der Waals surface area (Å²) in [6.07, 6.45) is 1.64. The van der Waals surface area contributed by atoms with E-state index < -0.39 is 0 Å². The third-order valence-corrected chi connectivity index (χ3v) is 5.37. The van der Waals surface area contributed by atoms with Crippen LogP contribution in [0.3, 0.4) is 0 Å². The molecule has 1 nitrogen and oxygen atoms in total. The summed E-state index contributed by atoms with van der Waals surface area (Å²) in [6.45, 7) is 0. The normalized spacial score (nSPS) is 10.9. The Labute approximate surface area is 169 Å². The highest BCUT2D eigenvalue weighted by Crippen LogP contribution is 2.39. The van der Waals surface area contributed by atoms with Gasteiger partial charge in [-0.05, 0) is 42.0 Å². The number of aromatic nitrogens is 1. The van der Waals surface area contributed by atoms with Crippen LogP contribution in [0.15, 0.2) is 42.6 Å². The van der Waals surface area contributed by atoms with Gasteiger partial charge >= 0.3 is 0 Å². The van der Waals surface area contributed by atoms with Gasteiger partial charge in [0.1, 0.15) is 0 Å². The second kappa shape index (κ2) is 7.29. The van der Waals surface area contributed by atoms with Crippen molar-refractivity contribution in [3.8, 4) is 22.4 Å². The first-order chi connectivity index (χ1) is 11.4. The molecule has 0 aliphatic heterocycles. The van der Waals surface area contributed by atoms with Crippen LogP contribution in [0.5, 0.6) is 0 Å². The quantitative estimate of drug-likeness (QED) is 0.367. The minimum atomic E-state index is 0.357. The van der Waals surface area contributed by atoms with Crippen LogP contribution in [-0.4, -0.2) is 4.98 Å². The van der Waals surface area contributed by atoms with Crippen LogP contribution in [0.25, 0.3) is 22.4 Å². The third kappa shape index (κ3) is 3.62. The molecule has 0 saturated heterocycles. The molecule has 24 heavy (non-hydrogen) atoms. The average Bonchev–Trinajstić information content (AvgIpc) is 2.54. The lowest BCUT2D eigenvalue weighted by Crippen LogP contribution is -1.89. The number of benzene rings is 2. The van der Waals surface area contributed by atoms with Gasteiger partial charge in [-0.2, -0.15) is 0 Å². The Morgan fingerprint density at radius 1 is 0.625 bits per heavy atom. The maximum absolute atomic E-state index is 6.30. The van der Waals surface area contributed by atoms with E-state index in [9.17, 15) is 0 Å². The Kier molecular flexibility index (Phi) is 5.51. The standard InChI is InChI=1S/C17H7Cl6N/c18-9-4-11(16(22)13(20)6-9)8-1-2-24-15(3-8)12-5-10(19)7-14(21)17(12)23/h1-7H. The van der Waals surface area contributed by atoms with Gasteiger partial charge in [0.2, 0.25) is 0 Å². The predicted molar refractivity (Wildman–Crippen MR) is 105 cm³/mol. The summed E-state index contributed by atoms with van der Waals surface area (Å²) in [5.41, 5.74) is 2.72. The first kappa shape index (κ1) is 18.1. The molecule has 1 aromatic heterocycles. The highest BCUT2D eigenvalue weighted by Gasteiger charge is 2.14. The van der Waals surface area contributed by atoms with Gasteiger partial charge in [-0.1, -0.05) is 69.6 Å². The Bertz CT molecular complexity index is 866. The van der Waals surface area contributed by atoms with E-state index in [0.717, 1.165) is 5.56 Å². The molecule has 122 valence electrons. The molecule has 0 N–H and O–H groups in total. The molecule has 0 spiro atoms. The summed E-state index contributed by atoms with van der Waals surface area (Å²) >= 11 is 36.9. The van der Waals surface area contributed by atoms with Crippen molar-refractivity contribution in [1.29, 1.82) is 0 Å². The van der Waals surface area contributed by atoms with E-state index >= 15 is 0 Å². The van der Waals surface area contributed by atoms with Crippen molar-refractivity contribution in [3.05, 3.63) is 72.7 Å². The Morgan fingerprint density at radius 3 is 1.79 bits per heavy atom. The maximum atomic E-state index is 6.30. The van der Waals surface area contributed by atoms with Gasteiger partial charge in [-0.3, -0.25) is 4.98 Å². The van der Waals surface area contributed by atoms with Crippen LogP contribution in [0.2, 0.25) is 30.1 Å². The zero-order chi connectivity index (χ0) is 17.4. The molecule has 0 atom stereocenters. The molecule has 3 aromatic rings. The maximum Gasteiger partial charge on any atom is 0.0724 e. The second-order valence-electron chi connectivity index (χ2n) is 4.93. The molecule has 1 heterocycles. The second-order valence-corrected chi connectivity index (χ2v) is 7.37. The Morgan fingerprint density at radius 2 is 1.17 bits per heavy atom. The predicted octanol–water partition coefficient (Wildman–Crippen LogP) is 8.34. The highest BCUT2D eigenvalue weighted by atomic mass is 35.5. The Hall–Kier alpha value is -0.670. The van der Waals surface area contributed by atoms with Gasteiger partial charge in [0.25, 0.3) is 0 Å². The topological polar surface area (TPSA) is 12.9 Å². The first-order valence-corrected chi connectivity index (χ1v) is 8.89. The van der Waals surface area contributed by atoms with Crippen molar-refractivity contribution in [3.63, 3.8) is 0 Å². The third-order valence-electron chi connectivity index (χ3n) is 3.33. The average molecular weight is 438 g/mol. The van der Waals surface area contributed by atoms with E-state index in [1.807, 2.05) is 6.07 Å². The molecule has 3 rings (SSSR count). The number of rotatable bonds is 2. The van der Waals surface area contributed by atoms with Gasteiger partial charge in [0.15, 0.2) is 0 Å². The van der Waals surface area contributed by atoms with Gasteiger partial charge < -0.3 is 0 Å². The molecule has 7 heteroatoms. The van der Waals surface area contributed by atoms with Crippen LogP contribution < -0.4 is 0 Å². The van der Waals surface area contributed by atoms with Crippen molar-refractivity contribution < 1.29 is 0 Å². The minimum Gasteiger partial charge on any atom is -0.256 e. The van der Waals surface area contributed by atoms with E-state index in [0.29, 0.717) is 47.0 Å². The van der Waals surface area contributed by atoms with Crippen LogP contribution in [0.4, 0.5) is 0 Å². The fourth-order valence-electron chi connectivity index (χ4n) is 2.25. The van der Waals surface area contributed by atoms with E-state index in [1.165, 1.54) is 0 Å². The van der Waals surface area contributed by atoms with E-state index in [-0.39, 0.29) is 0 Å². The summed E-state index contributed by atoms with van der Waals surface area (Å²) in [4.78, 5) is 4.34. The molecule has 0 unspecified atom stereocenters. The van der Waals surface area contributed by atoms with E-state index in [1.54, 1.807) is 36.5 Å². The summed E-state index contributed by atoms with van der Waals surface area (Å²) in [5.74, 6) is 0. The number of pyridine rings is 1. The molecule has 0 aliphatic rings. The summed E-state index contributed by atoms with van der Waals surface area (Å²) < 4.78 is 0. The smallest absolute Gasteiger partial charge is 0.0724 e. The van der Waals surface area contributed by atoms with Crippen molar-refractivity contribution in [1.82, 2.24) is 4.98 Å². The fourth-order valence-corrected chi connectivity index (χ4v) is 3.66. The fraction of sp³-hybridized carbons (Fsp3) is 0. The highest BCUT2D eigenvalue weighted by molar-refractivity contribution is 6.45. The lowest BCUT2D eigenvalue weighted by atomic mass is 10.0. The molecule has 2 aromatic carbocycles. The van der Waals surface area contributed by atoms with Crippen molar-refractivity contribution >= 4 is 69.6 Å². The lowest BCUT2D eigenvalue weighted by molar-refractivity contribution is 1.33. The molecule has 0 saturated carbocycles. The van der Waals surface area contributed by atoms with Crippen molar-refractivity contribution in [2.24, 2.45) is 0 Å². The largest absolute Gasteiger partial charge is 0.256 e. The molecule has 0 amide bonds. The van der Waals surface area contributed by atoms with Crippen LogP contribution in [0.1, 0.15) is 0 Å². The van der Waals surface area contributed by atoms with Crippen molar-refractivity contribution in [2.75, 3.05) is 0 Å². The van der Waals surface area contributed by atoms with E-state index in [2.05, 4.69) is 4.98 Å². The summed E-state index contributed by atoms with van der Waals surface area (Å²) in [7, 11) is 0. The van der Waals surface area contributed by atoms with Crippen LogP contribution in [0, 0.1) is 0 Å². The number of nitrogens with zero attached hydrogens (tertiary/aromatic N) is 1. The van der Waals surface area contributed by atoms with Gasteiger partial charge in [-0.15, -0.1) is 0 Å². The number of hydrogen-bond acceptors (Lipinski definition) is 1. The van der Waals surface area contributed by atoms with Crippen molar-refractivity contribution in [2.45, 2.75) is 0 Å². The number of halogens is 6. The zero-order valence-corrected chi connectivity index (χ0v) is 16.3. The molecule has 0 radical (unpaired) electrons. The van der Waals surface area contributed by atoms with Gasteiger partial charge in [0, 0.05) is 27.4 Å². The summed E-state index contributed by atoms with van der Waals surface area (Å²) in [5, 5.41) is 2.47. The first-order valence-electron chi connectivity index (χ1n) is 6.62. The van der Waals surface area contributed by atoms with E-state index in [4.69, 9.17) is 69.6 Å². The Balaban J connectivity index is 2.18. The molecule has 0 bridgehead atoms. The number of hydrogen-bond donors (Lipinski definition) is 0. The van der Waals surface area contributed by atoms with Gasteiger partial charge in [-0.25, -0.2) is 0 Å². The summed E-state index contributed by atoms with van der Waals surface area (Å²) in [6, 6.07) is 10.2. The molecule has 0 aliphatic carbocycles. The minimum absolute atomic E-state index is 0.357. The molecular weight excluding hydrogens is 431 g/mol. The SMILES string of the molecule is Clc1cc(Cl)c(Cl)c(-c2ccnc(-c3cc(Cl)cc(Cl)c3Cl)c2)c1. The van der Waals surface area contributed by atoms with Gasteiger partial charge in [0.05, 0.1) is 25.8 Å². The monoisotopic (exact) mass is 435 g/mol. The van der Waals surface area contributed by atoms with Crippen LogP contribution in [-0.2, 0) is 0 Å². The lowest BCUT2D eigenvalue weighted by Gasteiger charge is -2.10.